The number of amides is 3. The third-order valence-electron chi connectivity index (χ3n) is 4.23. The molecule has 0 bridgehead atoms. The number of carbonyl (C=O) groups excluding carboxylic acids is 3. The van der Waals surface area contributed by atoms with Crippen LogP contribution in [0.5, 0.6) is 0 Å². The van der Waals surface area contributed by atoms with Crippen molar-refractivity contribution in [2.75, 3.05) is 13.2 Å². The van der Waals surface area contributed by atoms with E-state index >= 15 is 0 Å². The van der Waals surface area contributed by atoms with E-state index in [9.17, 15) is 14.4 Å². The number of hydrogen-bond acceptors (Lipinski definition) is 4. The molecule has 1 aromatic rings. The van der Waals surface area contributed by atoms with Crippen LogP contribution in [0.4, 0.5) is 4.79 Å². The maximum atomic E-state index is 12.6. The van der Waals surface area contributed by atoms with Gasteiger partial charge in [0.05, 0.1) is 17.3 Å². The van der Waals surface area contributed by atoms with E-state index in [0.29, 0.717) is 11.3 Å². The maximum absolute atomic E-state index is 12.6. The Morgan fingerprint density at radius 3 is 2.54 bits per heavy atom. The van der Waals surface area contributed by atoms with E-state index in [2.05, 4.69) is 10.6 Å². The molecule has 3 rings (SSSR count). The second-order valence-electron chi connectivity index (χ2n) is 7.61. The van der Waals surface area contributed by atoms with E-state index in [-0.39, 0.29) is 19.1 Å². The number of hydrogen-bond donors (Lipinski definition) is 2. The molecule has 1 aromatic carbocycles. The van der Waals surface area contributed by atoms with Crippen LogP contribution >= 0.6 is 0 Å². The molecule has 2 aliphatic rings. The van der Waals surface area contributed by atoms with Gasteiger partial charge in [0.1, 0.15) is 13.2 Å². The lowest BCUT2D eigenvalue weighted by Crippen LogP contribution is -2.52. The van der Waals surface area contributed by atoms with Gasteiger partial charge in [0.2, 0.25) is 5.91 Å². The summed E-state index contributed by atoms with van der Waals surface area (Å²) in [5.74, 6) is -0.764. The second-order valence-corrected chi connectivity index (χ2v) is 7.61. The summed E-state index contributed by atoms with van der Waals surface area (Å²) in [6.45, 7) is 7.38. The minimum atomic E-state index is -0.574. The Morgan fingerprint density at radius 2 is 1.92 bits per heavy atom. The fraction of sp³-hybridized carbons (Fsp3) is 0.421. The number of nitrogens with zero attached hydrogens (tertiary/aromatic N) is 1. The summed E-state index contributed by atoms with van der Waals surface area (Å²) in [6.07, 6.45) is 0. The van der Waals surface area contributed by atoms with Crippen LogP contribution in [0.15, 0.2) is 35.5 Å². The van der Waals surface area contributed by atoms with Crippen molar-refractivity contribution in [2.24, 2.45) is 0 Å². The zero-order valence-electron chi connectivity index (χ0n) is 15.4. The topological polar surface area (TPSA) is 87.7 Å². The van der Waals surface area contributed by atoms with Crippen LogP contribution in [0.3, 0.4) is 0 Å². The summed E-state index contributed by atoms with van der Waals surface area (Å²) in [5, 5.41) is 5.64. The molecule has 0 saturated carbocycles. The summed E-state index contributed by atoms with van der Waals surface area (Å²) in [4.78, 5) is 38.4. The van der Waals surface area contributed by atoms with Gasteiger partial charge in [-0.05, 0) is 33.3 Å². The molecular formula is C19H23N3O4. The van der Waals surface area contributed by atoms with E-state index in [1.54, 1.807) is 0 Å². The zero-order valence-corrected chi connectivity index (χ0v) is 15.4. The molecule has 7 heteroatoms. The van der Waals surface area contributed by atoms with Crippen molar-refractivity contribution in [2.45, 2.75) is 39.3 Å². The average Bonchev–Trinajstić information content (AvgIpc) is 2.91. The summed E-state index contributed by atoms with van der Waals surface area (Å²) in [5.41, 5.74) is 2.31. The molecule has 2 heterocycles. The molecule has 0 radical (unpaired) electrons. The van der Waals surface area contributed by atoms with E-state index in [0.717, 1.165) is 11.1 Å². The monoisotopic (exact) mass is 357 g/mol. The first kappa shape index (κ1) is 18.0. The van der Waals surface area contributed by atoms with Gasteiger partial charge >= 0.3 is 12.0 Å². The first-order chi connectivity index (χ1) is 12.2. The maximum Gasteiger partial charge on any atom is 0.338 e. The SMILES string of the molecule is Cc1ccc([C@H]2NC(=O)N(CC(=O)NC(C)(C)C)C3=C2C(=O)OC3)cc1. The smallest absolute Gasteiger partial charge is 0.338 e. The molecule has 0 aromatic heterocycles. The highest BCUT2D eigenvalue weighted by Gasteiger charge is 2.42. The molecule has 2 aliphatic heterocycles. The zero-order chi connectivity index (χ0) is 19.1. The van der Waals surface area contributed by atoms with E-state index in [4.69, 9.17) is 4.74 Å². The number of esters is 1. The molecule has 0 unspecified atom stereocenters. The Balaban J connectivity index is 1.91. The fourth-order valence-corrected chi connectivity index (χ4v) is 3.09. The first-order valence-corrected chi connectivity index (χ1v) is 8.51. The Labute approximate surface area is 152 Å². The van der Waals surface area contributed by atoms with Gasteiger partial charge in [-0.3, -0.25) is 9.69 Å². The number of rotatable bonds is 3. The Hall–Kier alpha value is -2.83. The summed E-state index contributed by atoms with van der Waals surface area (Å²) < 4.78 is 5.16. The van der Waals surface area contributed by atoms with E-state index in [1.807, 2.05) is 52.0 Å². The normalized spacial score (nSPS) is 19.8. The van der Waals surface area contributed by atoms with Crippen molar-refractivity contribution < 1.29 is 19.1 Å². The van der Waals surface area contributed by atoms with Gasteiger partial charge < -0.3 is 15.4 Å². The first-order valence-electron chi connectivity index (χ1n) is 8.51. The summed E-state index contributed by atoms with van der Waals surface area (Å²) >= 11 is 0. The summed E-state index contributed by atoms with van der Waals surface area (Å²) in [7, 11) is 0. The summed E-state index contributed by atoms with van der Waals surface area (Å²) in [6, 6.07) is 6.60. The van der Waals surface area contributed by atoms with Gasteiger partial charge in [-0.25, -0.2) is 9.59 Å². The molecule has 0 spiro atoms. The molecule has 0 saturated heterocycles. The number of urea groups is 1. The predicted octanol–water partition coefficient (Wildman–Crippen LogP) is 1.79. The van der Waals surface area contributed by atoms with Gasteiger partial charge in [-0.1, -0.05) is 29.8 Å². The van der Waals surface area contributed by atoms with Gasteiger partial charge in [-0.15, -0.1) is 0 Å². The number of benzene rings is 1. The van der Waals surface area contributed by atoms with Crippen LogP contribution in [0.2, 0.25) is 0 Å². The lowest BCUT2D eigenvalue weighted by Gasteiger charge is -2.33. The van der Waals surface area contributed by atoms with Crippen LogP contribution < -0.4 is 10.6 Å². The molecule has 26 heavy (non-hydrogen) atoms. The highest BCUT2D eigenvalue weighted by Crippen LogP contribution is 2.34. The van der Waals surface area contributed by atoms with Crippen LogP contribution in [-0.2, 0) is 14.3 Å². The van der Waals surface area contributed by atoms with Crippen LogP contribution in [0.1, 0.15) is 37.9 Å². The van der Waals surface area contributed by atoms with Crippen LogP contribution in [0.25, 0.3) is 0 Å². The largest absolute Gasteiger partial charge is 0.456 e. The Morgan fingerprint density at radius 1 is 1.27 bits per heavy atom. The minimum absolute atomic E-state index is 0.00720. The molecule has 0 fully saturated rings. The Kier molecular flexibility index (Phi) is 4.48. The fourth-order valence-electron chi connectivity index (χ4n) is 3.09. The number of aryl methyl sites for hydroxylation is 1. The van der Waals surface area contributed by atoms with Crippen molar-refractivity contribution in [1.29, 1.82) is 0 Å². The van der Waals surface area contributed by atoms with Gasteiger partial charge in [0.15, 0.2) is 0 Å². The standard InChI is InChI=1S/C19H23N3O4/c1-11-5-7-12(8-6-11)16-15-13(10-26-17(15)24)22(18(25)20-16)9-14(23)21-19(2,3)4/h5-8,16H,9-10H2,1-4H3,(H,20,25)(H,21,23)/t16-/m1/s1. The third-order valence-corrected chi connectivity index (χ3v) is 4.23. The Bertz CT molecular complexity index is 790. The van der Waals surface area contributed by atoms with Crippen molar-refractivity contribution in [3.05, 3.63) is 46.7 Å². The van der Waals surface area contributed by atoms with Gasteiger partial charge in [0.25, 0.3) is 0 Å². The molecule has 2 N–H and O–H groups in total. The average molecular weight is 357 g/mol. The number of nitrogens with one attached hydrogen (secondary N) is 2. The van der Waals surface area contributed by atoms with E-state index in [1.165, 1.54) is 4.90 Å². The van der Waals surface area contributed by atoms with Crippen LogP contribution in [-0.4, -0.2) is 41.5 Å². The minimum Gasteiger partial charge on any atom is -0.456 e. The van der Waals surface area contributed by atoms with Crippen LogP contribution in [0, 0.1) is 6.92 Å². The van der Waals surface area contributed by atoms with Crippen molar-refractivity contribution >= 4 is 17.9 Å². The number of ether oxygens (including phenoxy) is 1. The lowest BCUT2D eigenvalue weighted by molar-refractivity contribution is -0.136. The molecule has 1 atom stereocenters. The molecule has 3 amide bonds. The van der Waals surface area contributed by atoms with E-state index < -0.39 is 23.6 Å². The van der Waals surface area contributed by atoms with Gasteiger partial charge in [0, 0.05) is 5.54 Å². The van der Waals surface area contributed by atoms with Crippen molar-refractivity contribution in [3.8, 4) is 0 Å². The highest BCUT2D eigenvalue weighted by molar-refractivity contribution is 5.98. The molecule has 7 nitrogen and oxygen atoms in total. The molecular weight excluding hydrogens is 334 g/mol. The van der Waals surface area contributed by atoms with Crippen molar-refractivity contribution in [3.63, 3.8) is 0 Å². The third kappa shape index (κ3) is 3.56. The predicted molar refractivity (Wildman–Crippen MR) is 95.0 cm³/mol. The molecule has 138 valence electrons. The molecule has 0 aliphatic carbocycles. The number of carbonyl (C=O) groups is 3. The van der Waals surface area contributed by atoms with Gasteiger partial charge in [-0.2, -0.15) is 0 Å². The quantitative estimate of drug-likeness (QED) is 0.808. The second kappa shape index (κ2) is 6.48. The van der Waals surface area contributed by atoms with Crippen molar-refractivity contribution in [1.82, 2.24) is 15.5 Å². The lowest BCUT2D eigenvalue weighted by atomic mass is 9.95. The number of cyclic esters (lactones) is 1. The highest BCUT2D eigenvalue weighted by atomic mass is 16.5.